The number of nitro benzene ring substituents is 1. The molecule has 0 unspecified atom stereocenters. The maximum atomic E-state index is 13.0. The summed E-state index contributed by atoms with van der Waals surface area (Å²) in [7, 11) is 0. The van der Waals surface area contributed by atoms with Crippen LogP contribution in [-0.2, 0) is 19.1 Å². The van der Waals surface area contributed by atoms with Crippen LogP contribution in [-0.4, -0.2) is 52.0 Å². The molecule has 3 rings (SSSR count). The van der Waals surface area contributed by atoms with Crippen LogP contribution in [0.25, 0.3) is 0 Å². The van der Waals surface area contributed by atoms with Gasteiger partial charge >= 0.3 is 17.9 Å². The fourth-order valence-electron chi connectivity index (χ4n) is 3.03. The molecule has 0 spiro atoms. The van der Waals surface area contributed by atoms with Gasteiger partial charge in [0, 0.05) is 27.7 Å². The average Bonchev–Trinajstić information content (AvgIpc) is 2.93. The Labute approximate surface area is 234 Å². The van der Waals surface area contributed by atoms with E-state index in [9.17, 15) is 39.2 Å². The molecular formula is C25H17Cl2N3O10. The van der Waals surface area contributed by atoms with Gasteiger partial charge in [0.2, 0.25) is 12.2 Å². The van der Waals surface area contributed by atoms with Crippen molar-refractivity contribution in [3.05, 3.63) is 110 Å². The molecule has 0 radical (unpaired) electrons. The fraction of sp³-hybridized carbons (Fsp3) is 0.0800. The first kappa shape index (κ1) is 29.5. The molecule has 0 aliphatic rings. The minimum absolute atomic E-state index is 0.107. The van der Waals surface area contributed by atoms with E-state index in [2.05, 4.69) is 0 Å². The maximum Gasteiger partial charge on any atom is 0.349 e. The molecule has 0 bridgehead atoms. The Kier molecular flexibility index (Phi) is 9.73. The highest BCUT2D eigenvalue weighted by Gasteiger charge is 2.41. The maximum absolute atomic E-state index is 13.0. The summed E-state index contributed by atoms with van der Waals surface area (Å²) in [4.78, 5) is 72.8. The van der Waals surface area contributed by atoms with Gasteiger partial charge in [-0.25, -0.2) is 14.4 Å². The number of rotatable bonds is 9. The SMILES string of the molecule is O=C(NNC(=O)[C@H](OC(=O)c1ccc(Cl)cc1)[C@@H](OC(=O)c1ccc(Cl)cc1)C(=O)O)c1ccc([N+](=O)[O-])cc1. The number of carbonyl (C=O) groups is 5. The molecular weight excluding hydrogens is 573 g/mol. The van der Waals surface area contributed by atoms with E-state index in [4.69, 9.17) is 32.7 Å². The summed E-state index contributed by atoms with van der Waals surface area (Å²) in [6.45, 7) is 0. The number of hydrogen-bond acceptors (Lipinski definition) is 9. The molecule has 2 atom stereocenters. The van der Waals surface area contributed by atoms with Crippen molar-refractivity contribution in [2.45, 2.75) is 12.2 Å². The molecule has 40 heavy (non-hydrogen) atoms. The number of nitrogens with one attached hydrogen (secondary N) is 2. The number of carboxylic acids is 1. The van der Waals surface area contributed by atoms with Crippen LogP contribution in [0.3, 0.4) is 0 Å². The molecule has 15 heteroatoms. The zero-order chi connectivity index (χ0) is 29.4. The number of aliphatic carboxylic acids is 1. The van der Waals surface area contributed by atoms with E-state index in [1.165, 1.54) is 48.5 Å². The van der Waals surface area contributed by atoms with Gasteiger partial charge in [-0.2, -0.15) is 0 Å². The number of ether oxygens (including phenoxy) is 2. The first-order valence-electron chi connectivity index (χ1n) is 11.0. The molecule has 0 saturated heterocycles. The molecule has 3 aromatic rings. The van der Waals surface area contributed by atoms with Crippen molar-refractivity contribution >= 4 is 58.6 Å². The van der Waals surface area contributed by atoms with Crippen molar-refractivity contribution in [3.63, 3.8) is 0 Å². The largest absolute Gasteiger partial charge is 0.478 e. The number of benzene rings is 3. The molecule has 2 amide bonds. The Balaban J connectivity index is 1.83. The van der Waals surface area contributed by atoms with Crippen LogP contribution < -0.4 is 10.9 Å². The number of nitro groups is 1. The lowest BCUT2D eigenvalue weighted by Gasteiger charge is -2.23. The number of hydrogen-bond donors (Lipinski definition) is 3. The van der Waals surface area contributed by atoms with Gasteiger partial charge in [-0.3, -0.25) is 30.6 Å². The summed E-state index contributed by atoms with van der Waals surface area (Å²) >= 11 is 11.6. The van der Waals surface area contributed by atoms with E-state index >= 15 is 0 Å². The zero-order valence-electron chi connectivity index (χ0n) is 19.9. The number of hydrazine groups is 1. The number of esters is 2. The Hall–Kier alpha value is -5.01. The van der Waals surface area contributed by atoms with Gasteiger partial charge in [0.25, 0.3) is 17.5 Å². The molecule has 13 nitrogen and oxygen atoms in total. The molecule has 0 heterocycles. The standard InChI is InChI=1S/C25H17Cl2N3O10/c26-16-7-1-14(2-8-16)24(35)39-19(20(23(33)34)40-25(36)15-3-9-17(27)10-4-15)22(32)29-28-21(31)13-5-11-18(12-6-13)30(37)38/h1-12,19-20H,(H,28,31)(H,29,32)(H,33,34)/t19-,20-/m1/s1. The smallest absolute Gasteiger partial charge is 0.349 e. The van der Waals surface area contributed by atoms with E-state index in [1.54, 1.807) is 0 Å². The van der Waals surface area contributed by atoms with Crippen molar-refractivity contribution in [1.82, 2.24) is 10.9 Å². The third-order valence-corrected chi connectivity index (χ3v) is 5.55. The lowest BCUT2D eigenvalue weighted by molar-refractivity contribution is -0.384. The van der Waals surface area contributed by atoms with Crippen LogP contribution in [0.4, 0.5) is 5.69 Å². The first-order chi connectivity index (χ1) is 19.0. The van der Waals surface area contributed by atoms with Gasteiger partial charge < -0.3 is 14.6 Å². The Morgan fingerprint density at radius 3 is 1.55 bits per heavy atom. The van der Waals surface area contributed by atoms with Crippen LogP contribution in [0.1, 0.15) is 31.1 Å². The van der Waals surface area contributed by atoms with Crippen molar-refractivity contribution in [3.8, 4) is 0 Å². The summed E-state index contributed by atoms with van der Waals surface area (Å²) in [5.74, 6) is -6.54. The van der Waals surface area contributed by atoms with Gasteiger partial charge in [-0.05, 0) is 60.7 Å². The topological polar surface area (TPSA) is 191 Å². The van der Waals surface area contributed by atoms with Crippen LogP contribution >= 0.6 is 23.2 Å². The van der Waals surface area contributed by atoms with Crippen LogP contribution in [0, 0.1) is 10.1 Å². The monoisotopic (exact) mass is 589 g/mol. The number of amides is 2. The van der Waals surface area contributed by atoms with Gasteiger partial charge in [-0.1, -0.05) is 23.2 Å². The normalized spacial score (nSPS) is 11.8. The van der Waals surface area contributed by atoms with E-state index in [-0.39, 0.29) is 32.4 Å². The molecule has 0 aliphatic heterocycles. The lowest BCUT2D eigenvalue weighted by Crippen LogP contribution is -2.54. The minimum Gasteiger partial charge on any atom is -0.478 e. The Bertz CT molecular complexity index is 1450. The van der Waals surface area contributed by atoms with Crippen LogP contribution in [0.2, 0.25) is 10.0 Å². The summed E-state index contributed by atoms with van der Waals surface area (Å²) in [5.41, 5.74) is 3.23. The number of non-ortho nitro benzene ring substituents is 1. The number of carboxylic acid groups (broad SMARTS) is 1. The van der Waals surface area contributed by atoms with Gasteiger partial charge in [-0.15, -0.1) is 0 Å². The summed E-state index contributed by atoms with van der Waals surface area (Å²) in [6, 6.07) is 14.6. The number of carbonyl (C=O) groups excluding carboxylic acids is 4. The van der Waals surface area contributed by atoms with Gasteiger partial charge in [0.05, 0.1) is 16.1 Å². The third kappa shape index (κ3) is 7.75. The van der Waals surface area contributed by atoms with Crippen molar-refractivity contribution in [2.24, 2.45) is 0 Å². The molecule has 0 aliphatic carbocycles. The summed E-state index contributed by atoms with van der Waals surface area (Å²) < 4.78 is 10.1. The number of nitrogens with zero attached hydrogens (tertiary/aromatic N) is 1. The second kappa shape index (κ2) is 13.2. The molecule has 3 N–H and O–H groups in total. The van der Waals surface area contributed by atoms with Crippen molar-refractivity contribution in [1.29, 1.82) is 0 Å². The fourth-order valence-corrected chi connectivity index (χ4v) is 3.28. The highest BCUT2D eigenvalue weighted by molar-refractivity contribution is 6.31. The Morgan fingerprint density at radius 1 is 0.700 bits per heavy atom. The molecule has 0 aromatic heterocycles. The van der Waals surface area contributed by atoms with Crippen molar-refractivity contribution in [2.75, 3.05) is 0 Å². The highest BCUT2D eigenvalue weighted by Crippen LogP contribution is 2.17. The second-order valence-electron chi connectivity index (χ2n) is 7.75. The third-order valence-electron chi connectivity index (χ3n) is 5.04. The van der Waals surface area contributed by atoms with Crippen molar-refractivity contribution < 1.29 is 43.5 Å². The zero-order valence-corrected chi connectivity index (χ0v) is 21.4. The molecule has 206 valence electrons. The number of halogens is 2. The van der Waals surface area contributed by atoms with Gasteiger partial charge in [0.1, 0.15) is 0 Å². The quantitative estimate of drug-likeness (QED) is 0.189. The van der Waals surface area contributed by atoms with E-state index < -0.39 is 46.9 Å². The highest BCUT2D eigenvalue weighted by atomic mass is 35.5. The predicted octanol–water partition coefficient (Wildman–Crippen LogP) is 3.20. The van der Waals surface area contributed by atoms with E-state index in [0.29, 0.717) is 0 Å². The average molecular weight is 590 g/mol. The van der Waals surface area contributed by atoms with E-state index in [1.807, 2.05) is 10.9 Å². The molecule has 0 saturated carbocycles. The summed E-state index contributed by atoms with van der Waals surface area (Å²) in [6.07, 6.45) is -4.66. The molecule has 3 aromatic carbocycles. The van der Waals surface area contributed by atoms with E-state index in [0.717, 1.165) is 24.3 Å². The predicted molar refractivity (Wildman–Crippen MR) is 138 cm³/mol. The lowest BCUT2D eigenvalue weighted by atomic mass is 10.1. The second-order valence-corrected chi connectivity index (χ2v) is 8.62. The minimum atomic E-state index is -2.37. The summed E-state index contributed by atoms with van der Waals surface area (Å²) in [5, 5.41) is 21.1. The van der Waals surface area contributed by atoms with Crippen LogP contribution in [0.15, 0.2) is 72.8 Å². The molecule has 0 fully saturated rings. The van der Waals surface area contributed by atoms with Gasteiger partial charge in [0.15, 0.2) is 0 Å². The first-order valence-corrected chi connectivity index (χ1v) is 11.7. The Morgan fingerprint density at radius 2 is 1.12 bits per heavy atom. The van der Waals surface area contributed by atoms with Crippen LogP contribution in [0.5, 0.6) is 0 Å².